The van der Waals surface area contributed by atoms with Crippen LogP contribution in [0.1, 0.15) is 16.7 Å². The van der Waals surface area contributed by atoms with Gasteiger partial charge in [-0.15, -0.1) is 0 Å². The van der Waals surface area contributed by atoms with Crippen molar-refractivity contribution in [1.82, 2.24) is 9.21 Å². The third-order valence-corrected chi connectivity index (χ3v) is 6.76. The van der Waals surface area contributed by atoms with Crippen molar-refractivity contribution in [2.24, 2.45) is 0 Å². The van der Waals surface area contributed by atoms with Gasteiger partial charge < -0.3 is 4.74 Å². The van der Waals surface area contributed by atoms with E-state index in [1.807, 2.05) is 62.4 Å². The normalized spacial score (nSPS) is 16.4. The quantitative estimate of drug-likeness (QED) is 0.732. The van der Waals surface area contributed by atoms with Crippen molar-refractivity contribution >= 4 is 10.0 Å². The van der Waals surface area contributed by atoms with Crippen LogP contribution in [0.3, 0.4) is 0 Å². The fourth-order valence-corrected chi connectivity index (χ4v) is 4.84. The first-order valence-electron chi connectivity index (χ1n) is 9.38. The van der Waals surface area contributed by atoms with E-state index in [1.165, 1.54) is 0 Å². The van der Waals surface area contributed by atoms with Gasteiger partial charge in [-0.3, -0.25) is 4.90 Å². The Morgan fingerprint density at radius 3 is 2.41 bits per heavy atom. The van der Waals surface area contributed by atoms with E-state index in [4.69, 9.17) is 4.74 Å². The van der Waals surface area contributed by atoms with Gasteiger partial charge in [0.25, 0.3) is 0 Å². The standard InChI is InChI=1S/C21H28N2O3S/c1-18-6-5-8-20(16-18)17-27(24,25)23-12-10-22(11-13-23)14-15-26-21-9-4-3-7-19(21)2/h3-9,16H,10-15,17H2,1-2H3. The smallest absolute Gasteiger partial charge is 0.218 e. The summed E-state index contributed by atoms with van der Waals surface area (Å²) in [6.07, 6.45) is 0. The fraction of sp³-hybridized carbons (Fsp3) is 0.429. The molecular weight excluding hydrogens is 360 g/mol. The molecule has 2 aromatic carbocycles. The van der Waals surface area contributed by atoms with Crippen LogP contribution in [0.5, 0.6) is 5.75 Å². The number of hydrogen-bond donors (Lipinski definition) is 0. The Morgan fingerprint density at radius 2 is 1.70 bits per heavy atom. The fourth-order valence-electron chi connectivity index (χ4n) is 3.34. The van der Waals surface area contributed by atoms with E-state index in [9.17, 15) is 8.42 Å². The molecule has 0 radical (unpaired) electrons. The summed E-state index contributed by atoms with van der Waals surface area (Å²) in [4.78, 5) is 2.26. The Morgan fingerprint density at radius 1 is 0.963 bits per heavy atom. The van der Waals surface area contributed by atoms with Gasteiger partial charge in [0.1, 0.15) is 12.4 Å². The van der Waals surface area contributed by atoms with Crippen LogP contribution in [0.4, 0.5) is 0 Å². The largest absolute Gasteiger partial charge is 0.492 e. The van der Waals surface area contributed by atoms with Gasteiger partial charge in [-0.25, -0.2) is 8.42 Å². The zero-order chi connectivity index (χ0) is 19.3. The molecule has 6 heteroatoms. The van der Waals surface area contributed by atoms with Crippen LogP contribution in [0.15, 0.2) is 48.5 Å². The third-order valence-electron chi connectivity index (χ3n) is 4.91. The van der Waals surface area contributed by atoms with E-state index in [2.05, 4.69) is 4.90 Å². The van der Waals surface area contributed by atoms with Crippen LogP contribution in [-0.4, -0.2) is 57.0 Å². The first kappa shape index (κ1) is 19.9. The highest BCUT2D eigenvalue weighted by molar-refractivity contribution is 7.88. The first-order chi connectivity index (χ1) is 12.9. The molecule has 0 N–H and O–H groups in total. The van der Waals surface area contributed by atoms with Crippen LogP contribution >= 0.6 is 0 Å². The highest BCUT2D eigenvalue weighted by Gasteiger charge is 2.27. The number of benzene rings is 2. The average molecular weight is 389 g/mol. The Hall–Kier alpha value is -1.89. The molecule has 1 saturated heterocycles. The molecule has 0 bridgehead atoms. The van der Waals surface area contributed by atoms with Gasteiger partial charge in [-0.1, -0.05) is 48.0 Å². The lowest BCUT2D eigenvalue weighted by atomic mass is 10.2. The predicted molar refractivity (Wildman–Crippen MR) is 108 cm³/mol. The Kier molecular flexibility index (Phi) is 6.52. The topological polar surface area (TPSA) is 49.9 Å². The molecule has 0 unspecified atom stereocenters. The van der Waals surface area contributed by atoms with Crippen molar-refractivity contribution in [2.45, 2.75) is 19.6 Å². The minimum Gasteiger partial charge on any atom is -0.492 e. The molecule has 27 heavy (non-hydrogen) atoms. The molecule has 2 aromatic rings. The Bertz CT molecular complexity index is 859. The van der Waals surface area contributed by atoms with Crippen molar-refractivity contribution in [3.63, 3.8) is 0 Å². The second kappa shape index (κ2) is 8.87. The van der Waals surface area contributed by atoms with Crippen molar-refractivity contribution in [3.8, 4) is 5.75 Å². The third kappa shape index (κ3) is 5.54. The van der Waals surface area contributed by atoms with E-state index in [-0.39, 0.29) is 5.75 Å². The maximum absolute atomic E-state index is 12.7. The van der Waals surface area contributed by atoms with Crippen LogP contribution in [0.2, 0.25) is 0 Å². The summed E-state index contributed by atoms with van der Waals surface area (Å²) >= 11 is 0. The van der Waals surface area contributed by atoms with Gasteiger partial charge in [0.15, 0.2) is 0 Å². The van der Waals surface area contributed by atoms with Gasteiger partial charge in [0.2, 0.25) is 10.0 Å². The summed E-state index contributed by atoms with van der Waals surface area (Å²) in [6, 6.07) is 15.7. The molecule has 3 rings (SSSR count). The van der Waals surface area contributed by atoms with Crippen molar-refractivity contribution in [2.75, 3.05) is 39.3 Å². The van der Waals surface area contributed by atoms with E-state index in [1.54, 1.807) is 4.31 Å². The van der Waals surface area contributed by atoms with Crippen LogP contribution < -0.4 is 4.74 Å². The van der Waals surface area contributed by atoms with Gasteiger partial charge in [0.05, 0.1) is 5.75 Å². The highest BCUT2D eigenvalue weighted by Crippen LogP contribution is 2.17. The van der Waals surface area contributed by atoms with Crippen molar-refractivity contribution < 1.29 is 13.2 Å². The summed E-state index contributed by atoms with van der Waals surface area (Å²) < 4.78 is 32.9. The number of hydrogen-bond acceptors (Lipinski definition) is 4. The SMILES string of the molecule is Cc1cccc(CS(=O)(=O)N2CCN(CCOc3ccccc3C)CC2)c1. The maximum Gasteiger partial charge on any atom is 0.218 e. The minimum atomic E-state index is -3.27. The monoisotopic (exact) mass is 388 g/mol. The molecule has 0 atom stereocenters. The van der Waals surface area contributed by atoms with Crippen molar-refractivity contribution in [3.05, 3.63) is 65.2 Å². The van der Waals surface area contributed by atoms with Gasteiger partial charge in [-0.2, -0.15) is 4.31 Å². The molecule has 0 aliphatic carbocycles. The highest BCUT2D eigenvalue weighted by atomic mass is 32.2. The molecule has 0 amide bonds. The Labute approximate surface area is 162 Å². The Balaban J connectivity index is 1.46. The lowest BCUT2D eigenvalue weighted by Gasteiger charge is -2.33. The average Bonchev–Trinajstić information content (AvgIpc) is 2.63. The number of sulfonamides is 1. The molecule has 0 spiro atoms. The molecule has 1 fully saturated rings. The lowest BCUT2D eigenvalue weighted by molar-refractivity contribution is 0.158. The predicted octanol–water partition coefficient (Wildman–Crippen LogP) is 2.83. The number of rotatable bonds is 7. The molecule has 1 aliphatic heterocycles. The van der Waals surface area contributed by atoms with Crippen LogP contribution in [0, 0.1) is 13.8 Å². The van der Waals surface area contributed by atoms with Gasteiger partial charge in [-0.05, 0) is 31.0 Å². The number of piperazine rings is 1. The molecule has 146 valence electrons. The summed E-state index contributed by atoms with van der Waals surface area (Å²) in [5.41, 5.74) is 3.06. The summed E-state index contributed by atoms with van der Waals surface area (Å²) in [7, 11) is -3.27. The summed E-state index contributed by atoms with van der Waals surface area (Å²) in [5.74, 6) is 0.988. The molecule has 0 aromatic heterocycles. The van der Waals surface area contributed by atoms with Crippen molar-refractivity contribution in [1.29, 1.82) is 0 Å². The first-order valence-corrected chi connectivity index (χ1v) is 11.0. The molecule has 0 saturated carbocycles. The van der Waals surface area contributed by atoms with Gasteiger partial charge >= 0.3 is 0 Å². The number of nitrogens with zero attached hydrogens (tertiary/aromatic N) is 2. The molecule has 1 aliphatic rings. The zero-order valence-electron chi connectivity index (χ0n) is 16.1. The number of para-hydroxylation sites is 1. The minimum absolute atomic E-state index is 0.0745. The molecule has 5 nitrogen and oxygen atoms in total. The van der Waals surface area contributed by atoms with Crippen LogP contribution in [-0.2, 0) is 15.8 Å². The summed E-state index contributed by atoms with van der Waals surface area (Å²) in [6.45, 7) is 7.99. The van der Waals surface area contributed by atoms with E-state index in [0.717, 1.165) is 42.1 Å². The van der Waals surface area contributed by atoms with E-state index >= 15 is 0 Å². The molecular formula is C21H28N2O3S. The lowest BCUT2D eigenvalue weighted by Crippen LogP contribution is -2.49. The van der Waals surface area contributed by atoms with Crippen LogP contribution in [0.25, 0.3) is 0 Å². The van der Waals surface area contributed by atoms with Gasteiger partial charge in [0, 0.05) is 32.7 Å². The summed E-state index contributed by atoms with van der Waals surface area (Å²) in [5, 5.41) is 0. The number of aryl methyl sites for hydroxylation is 2. The second-order valence-corrected chi connectivity index (χ2v) is 9.07. The van der Waals surface area contributed by atoms with E-state index < -0.39 is 10.0 Å². The number of ether oxygens (including phenoxy) is 1. The molecule has 1 heterocycles. The van der Waals surface area contributed by atoms with E-state index in [0.29, 0.717) is 19.7 Å². The zero-order valence-corrected chi connectivity index (χ0v) is 16.9. The second-order valence-electron chi connectivity index (χ2n) is 7.10. The maximum atomic E-state index is 12.7.